The maximum atomic E-state index is 12.8. The standard InChI is InChI=1S/C27H25NO5/c1-17(2)21-9-4-5-10-23(21)28-26(29)16-31-19-11-12-22-24(14-19)32-15-25(27(22)30)33-20-8-6-7-18(3)13-20/h4-15,17H,16H2,1-3H3,(H,28,29). The van der Waals surface area contributed by atoms with E-state index in [0.717, 1.165) is 16.8 Å². The van der Waals surface area contributed by atoms with Crippen molar-refractivity contribution in [2.75, 3.05) is 11.9 Å². The van der Waals surface area contributed by atoms with Gasteiger partial charge in [-0.25, -0.2) is 0 Å². The molecule has 1 N–H and O–H groups in total. The highest BCUT2D eigenvalue weighted by Gasteiger charge is 2.12. The predicted molar refractivity (Wildman–Crippen MR) is 128 cm³/mol. The van der Waals surface area contributed by atoms with Gasteiger partial charge in [-0.1, -0.05) is 44.2 Å². The van der Waals surface area contributed by atoms with Crippen LogP contribution in [0.4, 0.5) is 5.69 Å². The normalized spacial score (nSPS) is 10.9. The van der Waals surface area contributed by atoms with Crippen LogP contribution in [0.15, 0.2) is 82.2 Å². The summed E-state index contributed by atoms with van der Waals surface area (Å²) in [6, 6.07) is 19.9. The summed E-state index contributed by atoms with van der Waals surface area (Å²) in [7, 11) is 0. The minimum absolute atomic E-state index is 0.102. The van der Waals surface area contributed by atoms with Gasteiger partial charge in [0.2, 0.25) is 11.2 Å². The summed E-state index contributed by atoms with van der Waals surface area (Å²) in [5, 5.41) is 3.25. The van der Waals surface area contributed by atoms with Crippen LogP contribution in [0.2, 0.25) is 0 Å². The summed E-state index contributed by atoms with van der Waals surface area (Å²) >= 11 is 0. The van der Waals surface area contributed by atoms with Gasteiger partial charge in [-0.15, -0.1) is 0 Å². The maximum Gasteiger partial charge on any atom is 0.262 e. The van der Waals surface area contributed by atoms with Crippen LogP contribution in [0, 0.1) is 6.92 Å². The van der Waals surface area contributed by atoms with Crippen LogP contribution in [-0.2, 0) is 4.79 Å². The monoisotopic (exact) mass is 443 g/mol. The van der Waals surface area contributed by atoms with Crippen LogP contribution >= 0.6 is 0 Å². The molecule has 3 aromatic carbocycles. The Morgan fingerprint density at radius 3 is 2.61 bits per heavy atom. The molecule has 33 heavy (non-hydrogen) atoms. The Bertz CT molecular complexity index is 1360. The molecular formula is C27H25NO5. The Morgan fingerprint density at radius 2 is 1.82 bits per heavy atom. The van der Waals surface area contributed by atoms with Gasteiger partial charge in [0.15, 0.2) is 6.61 Å². The van der Waals surface area contributed by atoms with E-state index in [-0.39, 0.29) is 29.6 Å². The molecule has 0 aliphatic heterocycles. The first-order valence-electron chi connectivity index (χ1n) is 10.7. The fourth-order valence-electron chi connectivity index (χ4n) is 3.51. The lowest BCUT2D eigenvalue weighted by Gasteiger charge is -2.14. The van der Waals surface area contributed by atoms with Crippen LogP contribution < -0.4 is 20.2 Å². The molecule has 1 heterocycles. The second-order valence-corrected chi connectivity index (χ2v) is 8.08. The first kappa shape index (κ1) is 22.1. The quantitative estimate of drug-likeness (QED) is 0.377. The van der Waals surface area contributed by atoms with Crippen molar-refractivity contribution in [2.24, 2.45) is 0 Å². The Balaban J connectivity index is 1.45. The lowest BCUT2D eigenvalue weighted by molar-refractivity contribution is -0.118. The molecule has 0 saturated carbocycles. The zero-order valence-electron chi connectivity index (χ0n) is 18.8. The number of nitrogens with one attached hydrogen (secondary N) is 1. The van der Waals surface area contributed by atoms with Crippen molar-refractivity contribution in [1.29, 1.82) is 0 Å². The minimum Gasteiger partial charge on any atom is -0.484 e. The summed E-state index contributed by atoms with van der Waals surface area (Å²) in [6.45, 7) is 5.92. The number of carbonyl (C=O) groups is 1. The van der Waals surface area contributed by atoms with Crippen LogP contribution in [0.25, 0.3) is 11.0 Å². The van der Waals surface area contributed by atoms with Crippen LogP contribution in [-0.4, -0.2) is 12.5 Å². The average Bonchev–Trinajstić information content (AvgIpc) is 2.80. The van der Waals surface area contributed by atoms with E-state index < -0.39 is 0 Å². The van der Waals surface area contributed by atoms with E-state index in [2.05, 4.69) is 19.2 Å². The number of fused-ring (bicyclic) bond motifs is 1. The number of anilines is 1. The van der Waals surface area contributed by atoms with Gasteiger partial charge in [-0.2, -0.15) is 0 Å². The molecule has 6 nitrogen and oxygen atoms in total. The molecule has 168 valence electrons. The fraction of sp³-hybridized carbons (Fsp3) is 0.185. The molecule has 4 rings (SSSR count). The van der Waals surface area contributed by atoms with Crippen LogP contribution in [0.1, 0.15) is 30.9 Å². The van der Waals surface area contributed by atoms with Crippen molar-refractivity contribution < 1.29 is 18.7 Å². The molecule has 0 aliphatic rings. The third kappa shape index (κ3) is 5.23. The summed E-state index contributed by atoms with van der Waals surface area (Å²) < 4.78 is 16.9. The van der Waals surface area contributed by atoms with Gasteiger partial charge in [-0.3, -0.25) is 9.59 Å². The number of para-hydroxylation sites is 1. The van der Waals surface area contributed by atoms with E-state index in [1.54, 1.807) is 24.3 Å². The molecule has 0 spiro atoms. The molecule has 0 aliphatic carbocycles. The number of hydrogen-bond acceptors (Lipinski definition) is 5. The molecule has 0 saturated heterocycles. The second kappa shape index (κ2) is 9.61. The number of amides is 1. The van der Waals surface area contributed by atoms with Gasteiger partial charge in [0.05, 0.1) is 5.39 Å². The molecule has 0 fully saturated rings. The van der Waals surface area contributed by atoms with Crippen molar-refractivity contribution in [3.05, 3.63) is 94.3 Å². The van der Waals surface area contributed by atoms with Crippen molar-refractivity contribution >= 4 is 22.6 Å². The first-order valence-corrected chi connectivity index (χ1v) is 10.7. The van der Waals surface area contributed by atoms with E-state index in [9.17, 15) is 9.59 Å². The lowest BCUT2D eigenvalue weighted by Crippen LogP contribution is -2.21. The Kier molecular flexibility index (Phi) is 6.45. The van der Waals surface area contributed by atoms with Gasteiger partial charge in [0.1, 0.15) is 23.3 Å². The average molecular weight is 443 g/mol. The third-order valence-corrected chi connectivity index (χ3v) is 5.16. The Hall–Kier alpha value is -4.06. The smallest absolute Gasteiger partial charge is 0.262 e. The van der Waals surface area contributed by atoms with Crippen LogP contribution in [0.5, 0.6) is 17.2 Å². The van der Waals surface area contributed by atoms with Crippen LogP contribution in [0.3, 0.4) is 0 Å². The molecule has 1 aromatic heterocycles. The number of benzene rings is 3. The van der Waals surface area contributed by atoms with E-state index in [4.69, 9.17) is 13.9 Å². The van der Waals surface area contributed by atoms with Gasteiger partial charge < -0.3 is 19.2 Å². The third-order valence-electron chi connectivity index (χ3n) is 5.16. The summed E-state index contributed by atoms with van der Waals surface area (Å²) in [5.41, 5.74) is 2.91. The minimum atomic E-state index is -0.285. The highest BCUT2D eigenvalue weighted by molar-refractivity contribution is 5.92. The van der Waals surface area contributed by atoms with Crippen molar-refractivity contribution in [2.45, 2.75) is 26.7 Å². The molecule has 0 bridgehead atoms. The summed E-state index contributed by atoms with van der Waals surface area (Å²) in [4.78, 5) is 25.2. The van der Waals surface area contributed by atoms with Gasteiger partial charge in [0, 0.05) is 11.8 Å². The number of aryl methyl sites for hydroxylation is 1. The largest absolute Gasteiger partial charge is 0.484 e. The lowest BCUT2D eigenvalue weighted by atomic mass is 10.0. The SMILES string of the molecule is Cc1cccc(Oc2coc3cc(OCC(=O)Nc4ccccc4C(C)C)ccc3c2=O)c1. The highest BCUT2D eigenvalue weighted by Crippen LogP contribution is 2.25. The molecule has 0 atom stereocenters. The fourth-order valence-corrected chi connectivity index (χ4v) is 3.51. The number of rotatable bonds is 7. The predicted octanol–water partition coefficient (Wildman–Crippen LogP) is 6.03. The Morgan fingerprint density at radius 1 is 1.00 bits per heavy atom. The molecule has 0 radical (unpaired) electrons. The molecule has 0 unspecified atom stereocenters. The van der Waals surface area contributed by atoms with Gasteiger partial charge >= 0.3 is 0 Å². The zero-order chi connectivity index (χ0) is 23.4. The molecule has 6 heteroatoms. The molecular weight excluding hydrogens is 418 g/mol. The molecule has 4 aromatic rings. The maximum absolute atomic E-state index is 12.8. The first-order chi connectivity index (χ1) is 15.9. The highest BCUT2D eigenvalue weighted by atomic mass is 16.5. The summed E-state index contributed by atoms with van der Waals surface area (Å²) in [6.07, 6.45) is 1.28. The van der Waals surface area contributed by atoms with Crippen molar-refractivity contribution in [1.82, 2.24) is 0 Å². The van der Waals surface area contributed by atoms with Gasteiger partial charge in [-0.05, 0) is 54.3 Å². The Labute approximate surface area is 191 Å². The van der Waals surface area contributed by atoms with Gasteiger partial charge in [0.25, 0.3) is 5.91 Å². The zero-order valence-corrected chi connectivity index (χ0v) is 18.8. The van der Waals surface area contributed by atoms with Crippen molar-refractivity contribution in [3.8, 4) is 17.2 Å². The number of ether oxygens (including phenoxy) is 2. The van der Waals surface area contributed by atoms with E-state index in [1.165, 1.54) is 6.26 Å². The summed E-state index contributed by atoms with van der Waals surface area (Å²) in [5.74, 6) is 1.10. The molecule has 1 amide bonds. The second-order valence-electron chi connectivity index (χ2n) is 8.08. The van der Waals surface area contributed by atoms with Crippen molar-refractivity contribution in [3.63, 3.8) is 0 Å². The van der Waals surface area contributed by atoms with E-state index in [0.29, 0.717) is 22.5 Å². The van der Waals surface area contributed by atoms with E-state index in [1.807, 2.05) is 49.4 Å². The van der Waals surface area contributed by atoms with E-state index >= 15 is 0 Å². The number of carbonyl (C=O) groups excluding carboxylic acids is 1. The number of hydrogen-bond donors (Lipinski definition) is 1. The topological polar surface area (TPSA) is 77.8 Å².